The van der Waals surface area contributed by atoms with Gasteiger partial charge in [0.25, 0.3) is 0 Å². The zero-order valence-corrected chi connectivity index (χ0v) is 10.7. The first kappa shape index (κ1) is 15.7. The summed E-state index contributed by atoms with van der Waals surface area (Å²) in [6.07, 6.45) is 6.99. The summed E-state index contributed by atoms with van der Waals surface area (Å²) in [5.74, 6) is 0.525. The standard InChI is InChI=1S/C13H20N5/c1-5-9-17(10-6-2)13(15-16-14)18(11-7-3)12-8-4/h5-8H,1-4,9-12H2/q+1. The first-order valence-corrected chi connectivity index (χ1v) is 5.60. The van der Waals surface area contributed by atoms with Crippen molar-refractivity contribution in [2.75, 3.05) is 26.2 Å². The first-order valence-electron chi connectivity index (χ1n) is 5.60. The van der Waals surface area contributed by atoms with Crippen molar-refractivity contribution in [3.63, 3.8) is 0 Å². The molecule has 0 aliphatic rings. The van der Waals surface area contributed by atoms with Gasteiger partial charge in [0.2, 0.25) is 4.91 Å². The molecule has 0 bridgehead atoms. The van der Waals surface area contributed by atoms with Gasteiger partial charge in [0.1, 0.15) is 0 Å². The van der Waals surface area contributed by atoms with E-state index in [1.807, 2.05) is 9.48 Å². The van der Waals surface area contributed by atoms with Crippen molar-refractivity contribution in [1.29, 1.82) is 0 Å². The zero-order chi connectivity index (χ0) is 13.8. The van der Waals surface area contributed by atoms with E-state index in [2.05, 4.69) is 36.3 Å². The molecule has 0 heterocycles. The Morgan fingerprint density at radius 3 is 1.89 bits per heavy atom. The van der Waals surface area contributed by atoms with Crippen molar-refractivity contribution in [1.82, 2.24) is 4.90 Å². The van der Waals surface area contributed by atoms with Gasteiger partial charge in [0.15, 0.2) is 0 Å². The van der Waals surface area contributed by atoms with Crippen LogP contribution in [0.5, 0.6) is 0 Å². The SMILES string of the molecule is C=CCN(CC=C)C(N=[N+]=[N-])=[N+](CC=C)CC=C. The second-order valence-corrected chi connectivity index (χ2v) is 3.45. The highest BCUT2D eigenvalue weighted by Crippen LogP contribution is 1.98. The third-order valence-corrected chi connectivity index (χ3v) is 2.10. The Kier molecular flexibility index (Phi) is 8.68. The molecular weight excluding hydrogens is 226 g/mol. The van der Waals surface area contributed by atoms with E-state index in [0.717, 1.165) is 0 Å². The molecule has 0 aliphatic heterocycles. The molecule has 0 atom stereocenters. The fourth-order valence-electron chi connectivity index (χ4n) is 1.47. The van der Waals surface area contributed by atoms with Crippen molar-refractivity contribution < 1.29 is 4.58 Å². The predicted molar refractivity (Wildman–Crippen MR) is 76.5 cm³/mol. The Morgan fingerprint density at radius 2 is 1.56 bits per heavy atom. The highest BCUT2D eigenvalue weighted by molar-refractivity contribution is 5.76. The molecule has 0 rings (SSSR count). The van der Waals surface area contributed by atoms with Gasteiger partial charge in [-0.25, -0.2) is 9.48 Å². The van der Waals surface area contributed by atoms with Gasteiger partial charge in [0.05, 0.1) is 26.2 Å². The van der Waals surface area contributed by atoms with Crippen LogP contribution in [-0.4, -0.2) is 41.6 Å². The number of guanidine groups is 1. The molecule has 0 aromatic carbocycles. The van der Waals surface area contributed by atoms with Crippen molar-refractivity contribution >= 4 is 5.96 Å². The third kappa shape index (κ3) is 5.18. The summed E-state index contributed by atoms with van der Waals surface area (Å²) in [4.78, 5) is 4.76. The molecule has 0 radical (unpaired) electrons. The normalized spacial score (nSPS) is 8.67. The minimum absolute atomic E-state index is 0.525. The van der Waals surface area contributed by atoms with Crippen molar-refractivity contribution in [3.05, 3.63) is 61.1 Å². The summed E-state index contributed by atoms with van der Waals surface area (Å²) in [6, 6.07) is 0. The minimum Gasteiger partial charge on any atom is -0.249 e. The van der Waals surface area contributed by atoms with Crippen molar-refractivity contribution in [2.45, 2.75) is 0 Å². The molecule has 0 aliphatic carbocycles. The topological polar surface area (TPSA) is 55.0 Å². The lowest BCUT2D eigenvalue weighted by Gasteiger charge is -2.13. The van der Waals surface area contributed by atoms with Crippen LogP contribution in [-0.2, 0) is 0 Å². The summed E-state index contributed by atoms with van der Waals surface area (Å²) in [7, 11) is 0. The van der Waals surface area contributed by atoms with E-state index in [9.17, 15) is 0 Å². The fourth-order valence-corrected chi connectivity index (χ4v) is 1.47. The zero-order valence-electron chi connectivity index (χ0n) is 10.7. The molecule has 5 heteroatoms. The molecule has 0 unspecified atom stereocenters. The van der Waals surface area contributed by atoms with Gasteiger partial charge in [-0.15, -0.1) is 0 Å². The van der Waals surface area contributed by atoms with Gasteiger partial charge < -0.3 is 0 Å². The Morgan fingerprint density at radius 1 is 1.06 bits per heavy atom. The largest absolute Gasteiger partial charge is 0.477 e. The maximum absolute atomic E-state index is 8.69. The van der Waals surface area contributed by atoms with Gasteiger partial charge in [-0.3, -0.25) is 0 Å². The highest BCUT2D eigenvalue weighted by Gasteiger charge is 2.25. The van der Waals surface area contributed by atoms with E-state index in [1.54, 1.807) is 24.3 Å². The lowest BCUT2D eigenvalue weighted by Crippen LogP contribution is -2.37. The maximum atomic E-state index is 8.69. The molecule has 5 nitrogen and oxygen atoms in total. The monoisotopic (exact) mass is 246 g/mol. The van der Waals surface area contributed by atoms with Crippen LogP contribution >= 0.6 is 0 Å². The van der Waals surface area contributed by atoms with Gasteiger partial charge in [-0.05, 0) is 0 Å². The van der Waals surface area contributed by atoms with Gasteiger partial charge in [-0.2, -0.15) is 0 Å². The average molecular weight is 246 g/mol. The van der Waals surface area contributed by atoms with E-state index in [-0.39, 0.29) is 0 Å². The number of nitrogens with zero attached hydrogens (tertiary/aromatic N) is 5. The lowest BCUT2D eigenvalue weighted by atomic mass is 10.4. The number of hydrogen-bond donors (Lipinski definition) is 0. The minimum atomic E-state index is 0.525. The second-order valence-electron chi connectivity index (χ2n) is 3.45. The molecule has 18 heavy (non-hydrogen) atoms. The third-order valence-electron chi connectivity index (χ3n) is 2.10. The number of azide groups is 1. The van der Waals surface area contributed by atoms with Crippen molar-refractivity contribution in [3.8, 4) is 0 Å². The van der Waals surface area contributed by atoms with Crippen LogP contribution in [0.3, 0.4) is 0 Å². The van der Waals surface area contributed by atoms with Gasteiger partial charge in [0, 0.05) is 5.53 Å². The Bertz CT molecular complexity index is 366. The summed E-state index contributed by atoms with van der Waals surface area (Å²) in [6.45, 7) is 17.1. The van der Waals surface area contributed by atoms with E-state index in [0.29, 0.717) is 32.1 Å². The number of hydrogen-bond acceptors (Lipinski definition) is 0. The predicted octanol–water partition coefficient (Wildman–Crippen LogP) is 2.71. The lowest BCUT2D eigenvalue weighted by molar-refractivity contribution is -0.513. The molecule has 0 saturated heterocycles. The van der Waals surface area contributed by atoms with Crippen molar-refractivity contribution in [2.24, 2.45) is 5.11 Å². The molecule has 0 aromatic heterocycles. The summed E-state index contributed by atoms with van der Waals surface area (Å²) in [5, 5.41) is 3.76. The maximum Gasteiger partial charge on any atom is 0.477 e. The van der Waals surface area contributed by atoms with Crippen LogP contribution in [0.4, 0.5) is 0 Å². The fraction of sp³-hybridized carbons (Fsp3) is 0.308. The molecule has 0 spiro atoms. The first-order chi connectivity index (χ1) is 8.74. The molecule has 0 amide bonds. The van der Waals surface area contributed by atoms with Crippen LogP contribution in [0.1, 0.15) is 0 Å². The van der Waals surface area contributed by atoms with E-state index < -0.39 is 0 Å². The van der Waals surface area contributed by atoms with Crippen LogP contribution in [0.2, 0.25) is 0 Å². The Labute approximate surface area is 108 Å². The van der Waals surface area contributed by atoms with Gasteiger partial charge in [-0.1, -0.05) is 50.6 Å². The summed E-state index contributed by atoms with van der Waals surface area (Å²) in [5.41, 5.74) is 8.69. The number of rotatable bonds is 8. The quantitative estimate of drug-likeness (QED) is 0.123. The van der Waals surface area contributed by atoms with Crippen LogP contribution < -0.4 is 0 Å². The second kappa shape index (κ2) is 9.93. The summed E-state index contributed by atoms with van der Waals surface area (Å²) >= 11 is 0. The molecule has 96 valence electrons. The van der Waals surface area contributed by atoms with Crippen LogP contribution in [0.25, 0.3) is 10.4 Å². The molecule has 0 N–H and O–H groups in total. The van der Waals surface area contributed by atoms with E-state index in [4.69, 9.17) is 5.53 Å². The van der Waals surface area contributed by atoms with Gasteiger partial charge >= 0.3 is 11.1 Å². The average Bonchev–Trinajstić information content (AvgIpc) is 2.36. The Hall–Kier alpha value is -2.26. The molecule has 0 saturated carbocycles. The molecule has 0 aromatic rings. The highest BCUT2D eigenvalue weighted by atomic mass is 15.4. The van der Waals surface area contributed by atoms with Crippen LogP contribution in [0.15, 0.2) is 55.7 Å². The molecule has 0 fully saturated rings. The smallest absolute Gasteiger partial charge is 0.249 e. The Balaban J connectivity index is 5.52. The van der Waals surface area contributed by atoms with E-state index >= 15 is 0 Å². The molecular formula is C13H20N5+. The van der Waals surface area contributed by atoms with E-state index in [1.165, 1.54) is 0 Å². The van der Waals surface area contributed by atoms with Crippen LogP contribution in [0, 0.1) is 0 Å². The summed E-state index contributed by atoms with van der Waals surface area (Å²) < 4.78 is 1.88.